The first-order valence-electron chi connectivity index (χ1n) is 8.57. The average molecular weight is 423 g/mol. The van der Waals surface area contributed by atoms with Crippen molar-refractivity contribution in [2.24, 2.45) is 5.92 Å². The van der Waals surface area contributed by atoms with E-state index in [-0.39, 0.29) is 11.8 Å². The van der Waals surface area contributed by atoms with E-state index in [0.717, 1.165) is 32.8 Å². The molecule has 4 nitrogen and oxygen atoms in total. The summed E-state index contributed by atoms with van der Waals surface area (Å²) in [7, 11) is -4.78. The number of hydrogen-bond acceptors (Lipinski definition) is 3. The van der Waals surface area contributed by atoms with Crippen molar-refractivity contribution < 1.29 is 35.1 Å². The third-order valence-corrected chi connectivity index (χ3v) is 6.33. The standard InChI is InChI=1S/C18H18F5NO3S/c1-8-9(2)18(17(23)16(22)15(21)14(8)20)28(25,26)24-10-3-6-13(12(19)7-10)27-11-4-5-11/h3,6-7,9,11-13,24H,4-5H2,1-2H3/t9-,12?,13?/m1/s1. The zero-order valence-electron chi connectivity index (χ0n) is 15.0. The minimum absolute atomic E-state index is 0.0278. The maximum absolute atomic E-state index is 14.4. The van der Waals surface area contributed by atoms with E-state index in [2.05, 4.69) is 0 Å². The molecule has 1 saturated carbocycles. The van der Waals surface area contributed by atoms with Crippen molar-refractivity contribution in [3.63, 3.8) is 0 Å². The Morgan fingerprint density at radius 3 is 2.25 bits per heavy atom. The van der Waals surface area contributed by atoms with Gasteiger partial charge in [-0.2, -0.15) is 0 Å². The number of halogens is 5. The van der Waals surface area contributed by atoms with Crippen LogP contribution in [0.15, 0.2) is 57.7 Å². The van der Waals surface area contributed by atoms with E-state index in [1.165, 1.54) is 12.2 Å². The summed E-state index contributed by atoms with van der Waals surface area (Å²) in [4.78, 5) is -1.17. The van der Waals surface area contributed by atoms with Gasteiger partial charge in [0.05, 0.1) is 6.10 Å². The lowest BCUT2D eigenvalue weighted by atomic mass is 10.0. The Bertz CT molecular complexity index is 944. The summed E-state index contributed by atoms with van der Waals surface area (Å²) < 4.78 is 102. The Labute approximate surface area is 159 Å². The normalized spacial score (nSPS) is 29.2. The molecule has 3 aliphatic carbocycles. The van der Waals surface area contributed by atoms with Crippen LogP contribution in [0.1, 0.15) is 26.7 Å². The summed E-state index contributed by atoms with van der Waals surface area (Å²) in [6.45, 7) is 2.12. The molecule has 0 heterocycles. The molecule has 1 fully saturated rings. The summed E-state index contributed by atoms with van der Waals surface area (Å²) in [5.41, 5.74) is -0.720. The van der Waals surface area contributed by atoms with E-state index in [1.807, 2.05) is 4.72 Å². The molecule has 3 atom stereocenters. The molecule has 0 amide bonds. The van der Waals surface area contributed by atoms with E-state index in [1.54, 1.807) is 0 Å². The van der Waals surface area contributed by atoms with Crippen molar-refractivity contribution in [2.45, 2.75) is 45.1 Å². The van der Waals surface area contributed by atoms with Crippen LogP contribution in [0.25, 0.3) is 0 Å². The molecule has 2 unspecified atom stereocenters. The minimum atomic E-state index is -4.78. The van der Waals surface area contributed by atoms with Crippen LogP contribution in [-0.2, 0) is 14.8 Å². The van der Waals surface area contributed by atoms with Crippen LogP contribution in [0.3, 0.4) is 0 Å². The Morgan fingerprint density at radius 2 is 1.68 bits per heavy atom. The monoisotopic (exact) mass is 423 g/mol. The second kappa shape index (κ2) is 7.47. The van der Waals surface area contributed by atoms with Crippen LogP contribution >= 0.6 is 0 Å². The summed E-state index contributed by atoms with van der Waals surface area (Å²) in [6.07, 6.45) is 2.57. The van der Waals surface area contributed by atoms with Gasteiger partial charge in [-0.15, -0.1) is 0 Å². The SMILES string of the molecule is CC1=C(F)C(F)=C(F)C(F)=C(S(=O)(=O)NC2=CC(F)C(OC3CC3)C=C2)[C@@H]1C. The third-order valence-electron chi connectivity index (χ3n) is 4.72. The van der Waals surface area contributed by atoms with Crippen LogP contribution in [0.4, 0.5) is 22.0 Å². The fourth-order valence-corrected chi connectivity index (χ4v) is 4.38. The molecular formula is C18H18F5NO3S. The van der Waals surface area contributed by atoms with Gasteiger partial charge in [-0.1, -0.05) is 13.0 Å². The van der Waals surface area contributed by atoms with Crippen molar-refractivity contribution in [1.82, 2.24) is 4.72 Å². The quantitative estimate of drug-likeness (QED) is 0.664. The summed E-state index contributed by atoms with van der Waals surface area (Å²) in [5.74, 6) is -9.52. The lowest BCUT2D eigenvalue weighted by Crippen LogP contribution is -2.32. The Balaban J connectivity index is 1.89. The van der Waals surface area contributed by atoms with Crippen LogP contribution in [-0.4, -0.2) is 26.8 Å². The summed E-state index contributed by atoms with van der Waals surface area (Å²) >= 11 is 0. The summed E-state index contributed by atoms with van der Waals surface area (Å²) in [6, 6.07) is 0. The van der Waals surface area contributed by atoms with E-state index in [4.69, 9.17) is 4.74 Å². The molecular weight excluding hydrogens is 405 g/mol. The van der Waals surface area contributed by atoms with Crippen molar-refractivity contribution in [1.29, 1.82) is 0 Å². The van der Waals surface area contributed by atoms with Gasteiger partial charge in [0.2, 0.25) is 0 Å². The molecule has 3 aliphatic rings. The molecule has 0 aromatic heterocycles. The highest BCUT2D eigenvalue weighted by Crippen LogP contribution is 2.41. The molecule has 0 bridgehead atoms. The highest BCUT2D eigenvalue weighted by Gasteiger charge is 2.38. The lowest BCUT2D eigenvalue weighted by molar-refractivity contribution is 0.0312. The smallest absolute Gasteiger partial charge is 0.261 e. The number of hydrogen-bond donors (Lipinski definition) is 1. The highest BCUT2D eigenvalue weighted by molar-refractivity contribution is 7.93. The molecule has 0 radical (unpaired) electrons. The fourth-order valence-electron chi connectivity index (χ4n) is 2.85. The maximum atomic E-state index is 14.4. The average Bonchev–Trinajstić information content (AvgIpc) is 3.44. The van der Waals surface area contributed by atoms with E-state index < -0.39 is 62.0 Å². The highest BCUT2D eigenvalue weighted by atomic mass is 32.2. The second-order valence-electron chi connectivity index (χ2n) is 6.86. The van der Waals surface area contributed by atoms with Crippen LogP contribution in [0, 0.1) is 5.92 Å². The van der Waals surface area contributed by atoms with Gasteiger partial charge in [-0.3, -0.25) is 4.72 Å². The van der Waals surface area contributed by atoms with Gasteiger partial charge >= 0.3 is 0 Å². The number of nitrogens with one attached hydrogen (secondary N) is 1. The number of ether oxygens (including phenoxy) is 1. The van der Waals surface area contributed by atoms with Crippen LogP contribution < -0.4 is 4.72 Å². The lowest BCUT2D eigenvalue weighted by Gasteiger charge is -2.23. The summed E-state index contributed by atoms with van der Waals surface area (Å²) in [5, 5.41) is 0. The van der Waals surface area contributed by atoms with Crippen molar-refractivity contribution in [3.05, 3.63) is 57.7 Å². The molecule has 28 heavy (non-hydrogen) atoms. The molecule has 0 aromatic carbocycles. The largest absolute Gasteiger partial charge is 0.368 e. The predicted octanol–water partition coefficient (Wildman–Crippen LogP) is 4.47. The molecule has 0 aromatic rings. The second-order valence-corrected chi connectivity index (χ2v) is 8.51. The zero-order valence-corrected chi connectivity index (χ0v) is 15.8. The molecule has 10 heteroatoms. The molecule has 1 N–H and O–H groups in total. The van der Waals surface area contributed by atoms with E-state index in [0.29, 0.717) is 0 Å². The maximum Gasteiger partial charge on any atom is 0.261 e. The van der Waals surface area contributed by atoms with Gasteiger partial charge in [0.15, 0.2) is 29.5 Å². The van der Waals surface area contributed by atoms with Gasteiger partial charge in [-0.25, -0.2) is 30.4 Å². The first kappa shape index (κ1) is 20.8. The van der Waals surface area contributed by atoms with E-state index >= 15 is 0 Å². The minimum Gasteiger partial charge on any atom is -0.368 e. The number of alkyl halides is 1. The topological polar surface area (TPSA) is 55.4 Å². The number of allylic oxidation sites excluding steroid dienone is 7. The molecule has 3 rings (SSSR count). The Kier molecular flexibility index (Phi) is 5.55. The third kappa shape index (κ3) is 3.93. The van der Waals surface area contributed by atoms with Gasteiger partial charge in [0.25, 0.3) is 10.0 Å². The van der Waals surface area contributed by atoms with Crippen molar-refractivity contribution >= 4 is 10.0 Å². The van der Waals surface area contributed by atoms with E-state index in [9.17, 15) is 30.4 Å². The first-order chi connectivity index (χ1) is 13.0. The number of rotatable bonds is 5. The molecule has 0 spiro atoms. The molecule has 0 aliphatic heterocycles. The van der Waals surface area contributed by atoms with Crippen LogP contribution in [0.2, 0.25) is 0 Å². The Morgan fingerprint density at radius 1 is 1.07 bits per heavy atom. The fraction of sp³-hybridized carbons (Fsp3) is 0.444. The predicted molar refractivity (Wildman–Crippen MR) is 92.4 cm³/mol. The molecule has 0 saturated heterocycles. The molecule has 154 valence electrons. The first-order valence-corrected chi connectivity index (χ1v) is 10.1. The van der Waals surface area contributed by atoms with Gasteiger partial charge in [-0.05, 0) is 37.5 Å². The van der Waals surface area contributed by atoms with Crippen molar-refractivity contribution in [3.8, 4) is 0 Å². The van der Waals surface area contributed by atoms with Crippen LogP contribution in [0.5, 0.6) is 0 Å². The Hall–Kier alpha value is -1.94. The number of sulfonamides is 1. The zero-order chi connectivity index (χ0) is 20.8. The van der Waals surface area contributed by atoms with Gasteiger partial charge in [0.1, 0.15) is 11.0 Å². The van der Waals surface area contributed by atoms with Crippen molar-refractivity contribution in [2.75, 3.05) is 0 Å². The van der Waals surface area contributed by atoms with Gasteiger partial charge in [0, 0.05) is 11.6 Å². The van der Waals surface area contributed by atoms with Gasteiger partial charge < -0.3 is 4.74 Å².